The number of fused-ring (bicyclic) bond motifs is 1. The Bertz CT molecular complexity index is 666. The van der Waals surface area contributed by atoms with Crippen LogP contribution in [0.15, 0.2) is 30.5 Å². The van der Waals surface area contributed by atoms with E-state index in [0.717, 1.165) is 37.0 Å². The van der Waals surface area contributed by atoms with Crippen LogP contribution in [-0.2, 0) is 4.79 Å². The predicted molar refractivity (Wildman–Crippen MR) is 92.3 cm³/mol. The molecule has 1 amide bonds. The zero-order valence-corrected chi connectivity index (χ0v) is 14.0. The monoisotopic (exact) mass is 314 g/mol. The summed E-state index contributed by atoms with van der Waals surface area (Å²) in [6.07, 6.45) is 4.98. The molecule has 0 aliphatic carbocycles. The third-order valence-corrected chi connectivity index (χ3v) is 4.91. The topological polar surface area (TPSA) is 50.2 Å². The zero-order chi connectivity index (χ0) is 16.2. The lowest BCUT2D eigenvalue weighted by atomic mass is 10.1. The molecule has 0 bridgehead atoms. The molecule has 0 spiro atoms. The van der Waals surface area contributed by atoms with Crippen molar-refractivity contribution in [1.29, 1.82) is 0 Å². The Labute approximate surface area is 137 Å². The summed E-state index contributed by atoms with van der Waals surface area (Å²) >= 11 is 0. The molecule has 1 fully saturated rings. The number of carbonyl (C=O) groups is 1. The summed E-state index contributed by atoms with van der Waals surface area (Å²) in [5.74, 6) is 0.0734. The second-order valence-corrected chi connectivity index (χ2v) is 6.24. The van der Waals surface area contributed by atoms with Gasteiger partial charge in [0, 0.05) is 18.0 Å². The van der Waals surface area contributed by atoms with Crippen molar-refractivity contribution in [2.24, 2.45) is 0 Å². The highest BCUT2D eigenvalue weighted by Crippen LogP contribution is 2.20. The van der Waals surface area contributed by atoms with Crippen LogP contribution in [0.3, 0.4) is 0 Å². The van der Waals surface area contributed by atoms with Crippen molar-refractivity contribution in [3.8, 4) is 0 Å². The minimum atomic E-state index is -0.244. The number of aromatic nitrogens is 2. The van der Waals surface area contributed by atoms with Gasteiger partial charge in [-0.25, -0.2) is 0 Å². The predicted octanol–water partition coefficient (Wildman–Crippen LogP) is 2.59. The van der Waals surface area contributed by atoms with E-state index in [0.29, 0.717) is 6.04 Å². The first-order valence-corrected chi connectivity index (χ1v) is 8.68. The molecule has 5 nitrogen and oxygen atoms in total. The highest BCUT2D eigenvalue weighted by atomic mass is 16.2. The second-order valence-electron chi connectivity index (χ2n) is 6.24. The Hall–Kier alpha value is -1.88. The fraction of sp³-hybridized carbons (Fsp3) is 0.556. The molecule has 0 radical (unpaired) electrons. The zero-order valence-electron chi connectivity index (χ0n) is 14.0. The summed E-state index contributed by atoms with van der Waals surface area (Å²) in [6.45, 7) is 7.17. The summed E-state index contributed by atoms with van der Waals surface area (Å²) in [4.78, 5) is 15.1. The second kappa shape index (κ2) is 7.13. The molecular formula is C18H26N4O. The smallest absolute Gasteiger partial charge is 0.244 e. The van der Waals surface area contributed by atoms with E-state index >= 15 is 0 Å². The molecule has 1 aromatic carbocycles. The SMILES string of the molecule is CCC(C(=O)NCC1CCCN1CC)n1ncc2ccccc21. The fourth-order valence-electron chi connectivity index (χ4n) is 3.59. The quantitative estimate of drug-likeness (QED) is 0.891. The van der Waals surface area contributed by atoms with Crippen LogP contribution in [0.2, 0.25) is 0 Å². The van der Waals surface area contributed by atoms with Gasteiger partial charge < -0.3 is 5.32 Å². The van der Waals surface area contributed by atoms with E-state index in [9.17, 15) is 4.79 Å². The lowest BCUT2D eigenvalue weighted by Crippen LogP contribution is -2.42. The maximum Gasteiger partial charge on any atom is 0.244 e. The largest absolute Gasteiger partial charge is 0.353 e. The number of amides is 1. The van der Waals surface area contributed by atoms with Gasteiger partial charge in [0.05, 0.1) is 11.7 Å². The molecule has 2 unspecified atom stereocenters. The normalized spacial score (nSPS) is 20.0. The van der Waals surface area contributed by atoms with Crippen LogP contribution in [-0.4, -0.2) is 46.3 Å². The average Bonchev–Trinajstić information content (AvgIpc) is 3.20. The van der Waals surface area contributed by atoms with Gasteiger partial charge in [0.15, 0.2) is 0 Å². The van der Waals surface area contributed by atoms with E-state index in [1.807, 2.05) is 42.1 Å². The molecule has 1 aromatic heterocycles. The van der Waals surface area contributed by atoms with Gasteiger partial charge in [-0.05, 0) is 38.4 Å². The highest BCUT2D eigenvalue weighted by molar-refractivity contribution is 5.84. The number of nitrogens with zero attached hydrogens (tertiary/aromatic N) is 3. The lowest BCUT2D eigenvalue weighted by Gasteiger charge is -2.24. The summed E-state index contributed by atoms with van der Waals surface area (Å²) in [5.41, 5.74) is 1.02. The number of rotatable bonds is 6. The number of likely N-dealkylation sites (N-methyl/N-ethyl adjacent to an activating group) is 1. The molecule has 5 heteroatoms. The molecule has 2 heterocycles. The first kappa shape index (κ1) is 16.0. The van der Waals surface area contributed by atoms with Crippen molar-refractivity contribution >= 4 is 16.8 Å². The molecule has 23 heavy (non-hydrogen) atoms. The first-order valence-electron chi connectivity index (χ1n) is 8.68. The molecule has 2 atom stereocenters. The first-order chi connectivity index (χ1) is 11.2. The van der Waals surface area contributed by atoms with E-state index in [2.05, 4.69) is 22.2 Å². The van der Waals surface area contributed by atoms with Gasteiger partial charge in [-0.3, -0.25) is 14.4 Å². The average molecular weight is 314 g/mol. The van der Waals surface area contributed by atoms with Crippen LogP contribution in [0.25, 0.3) is 10.9 Å². The number of benzene rings is 1. The van der Waals surface area contributed by atoms with Gasteiger partial charge in [0.25, 0.3) is 0 Å². The van der Waals surface area contributed by atoms with Crippen molar-refractivity contribution in [3.63, 3.8) is 0 Å². The lowest BCUT2D eigenvalue weighted by molar-refractivity contribution is -0.124. The molecule has 1 aliphatic heterocycles. The van der Waals surface area contributed by atoms with Crippen LogP contribution in [0, 0.1) is 0 Å². The van der Waals surface area contributed by atoms with Crippen LogP contribution in [0.4, 0.5) is 0 Å². The summed E-state index contributed by atoms with van der Waals surface area (Å²) in [7, 11) is 0. The third kappa shape index (κ3) is 3.24. The van der Waals surface area contributed by atoms with Crippen molar-refractivity contribution in [1.82, 2.24) is 20.0 Å². The number of carbonyl (C=O) groups excluding carboxylic acids is 1. The number of likely N-dealkylation sites (tertiary alicyclic amines) is 1. The summed E-state index contributed by atoms with van der Waals surface area (Å²) in [6, 6.07) is 8.27. The molecule has 1 saturated heterocycles. The number of para-hydroxylation sites is 1. The van der Waals surface area contributed by atoms with E-state index in [1.54, 1.807) is 0 Å². The Balaban J connectivity index is 1.69. The summed E-state index contributed by atoms with van der Waals surface area (Å²) < 4.78 is 1.86. The number of hydrogen-bond donors (Lipinski definition) is 1. The van der Waals surface area contributed by atoms with E-state index in [4.69, 9.17) is 0 Å². The van der Waals surface area contributed by atoms with Crippen molar-refractivity contribution in [2.45, 2.75) is 45.2 Å². The van der Waals surface area contributed by atoms with Gasteiger partial charge in [-0.2, -0.15) is 5.10 Å². The molecule has 1 aliphatic rings. The number of hydrogen-bond acceptors (Lipinski definition) is 3. The Morgan fingerprint density at radius 2 is 2.22 bits per heavy atom. The Morgan fingerprint density at radius 3 is 3.00 bits per heavy atom. The van der Waals surface area contributed by atoms with E-state index in [1.165, 1.54) is 12.8 Å². The van der Waals surface area contributed by atoms with Crippen molar-refractivity contribution in [3.05, 3.63) is 30.5 Å². The van der Waals surface area contributed by atoms with E-state index in [-0.39, 0.29) is 11.9 Å². The standard InChI is InChI=1S/C18H26N4O/c1-3-16(22-17-10-6-5-8-14(17)12-20-22)18(23)19-13-15-9-7-11-21(15)4-2/h5-6,8,10,12,15-16H,3-4,7,9,11,13H2,1-2H3,(H,19,23). The van der Waals surface area contributed by atoms with Crippen molar-refractivity contribution in [2.75, 3.05) is 19.6 Å². The molecule has 0 saturated carbocycles. The molecular weight excluding hydrogens is 288 g/mol. The number of nitrogens with one attached hydrogen (secondary N) is 1. The van der Waals surface area contributed by atoms with Gasteiger partial charge in [0.1, 0.15) is 6.04 Å². The molecule has 1 N–H and O–H groups in total. The van der Waals surface area contributed by atoms with Crippen LogP contribution < -0.4 is 5.32 Å². The Morgan fingerprint density at radius 1 is 1.39 bits per heavy atom. The van der Waals surface area contributed by atoms with E-state index < -0.39 is 0 Å². The van der Waals surface area contributed by atoms with Gasteiger partial charge in [-0.1, -0.05) is 32.0 Å². The third-order valence-electron chi connectivity index (χ3n) is 4.91. The maximum atomic E-state index is 12.7. The van der Waals surface area contributed by atoms with Gasteiger partial charge in [-0.15, -0.1) is 0 Å². The Kier molecular flexibility index (Phi) is 4.96. The van der Waals surface area contributed by atoms with Crippen LogP contribution in [0.5, 0.6) is 0 Å². The fourth-order valence-corrected chi connectivity index (χ4v) is 3.59. The van der Waals surface area contributed by atoms with Crippen molar-refractivity contribution < 1.29 is 4.79 Å². The minimum absolute atomic E-state index is 0.0734. The van der Waals surface area contributed by atoms with Crippen LogP contribution in [0.1, 0.15) is 39.2 Å². The molecule has 124 valence electrons. The molecule has 2 aromatic rings. The maximum absolute atomic E-state index is 12.7. The minimum Gasteiger partial charge on any atom is -0.353 e. The highest BCUT2D eigenvalue weighted by Gasteiger charge is 2.26. The van der Waals surface area contributed by atoms with Crippen LogP contribution >= 0.6 is 0 Å². The van der Waals surface area contributed by atoms with Gasteiger partial charge >= 0.3 is 0 Å². The summed E-state index contributed by atoms with van der Waals surface area (Å²) in [5, 5.41) is 8.67. The molecule has 3 rings (SSSR count). The van der Waals surface area contributed by atoms with Gasteiger partial charge in [0.2, 0.25) is 5.91 Å².